The molecule has 114 valence electrons. The minimum atomic E-state index is 0.260. The first-order chi connectivity index (χ1) is 11.1. The zero-order valence-electron chi connectivity index (χ0n) is 12.8. The van der Waals surface area contributed by atoms with E-state index in [0.29, 0.717) is 11.7 Å². The first-order valence-electron chi connectivity index (χ1n) is 7.33. The summed E-state index contributed by atoms with van der Waals surface area (Å²) in [7, 11) is 0. The number of aromatic hydroxyl groups is 1. The average molecular weight is 305 g/mol. The molecule has 0 amide bonds. The van der Waals surface area contributed by atoms with Crippen LogP contribution in [0.3, 0.4) is 0 Å². The number of hydrogen-bond acceptors (Lipinski definition) is 4. The van der Waals surface area contributed by atoms with Gasteiger partial charge in [0.2, 0.25) is 11.7 Å². The van der Waals surface area contributed by atoms with Crippen molar-refractivity contribution in [1.82, 2.24) is 15.1 Å². The number of fused-ring (bicyclic) bond motifs is 1. The second-order valence-electron chi connectivity index (χ2n) is 5.64. The van der Waals surface area contributed by atoms with Crippen LogP contribution in [0.15, 0.2) is 47.0 Å². The smallest absolute Gasteiger partial charge is 0.223 e. The van der Waals surface area contributed by atoms with Crippen LogP contribution in [0.25, 0.3) is 33.5 Å². The van der Waals surface area contributed by atoms with Gasteiger partial charge in [-0.25, -0.2) is 0 Å². The number of aryl methyl sites for hydroxylation is 2. The molecule has 23 heavy (non-hydrogen) atoms. The van der Waals surface area contributed by atoms with Gasteiger partial charge < -0.3 is 14.6 Å². The standard InChI is InChI=1S/C18H15N3O2/c1-10-3-6-17(22)14(7-10)16-9-13-8-12(4-5-15(13)20-16)18-19-11(2)23-21-18/h3-9,20,22H,1-2H3. The molecule has 4 rings (SSSR count). The number of phenols is 1. The summed E-state index contributed by atoms with van der Waals surface area (Å²) in [5, 5.41) is 15.1. The summed E-state index contributed by atoms with van der Waals surface area (Å²) < 4.78 is 5.03. The van der Waals surface area contributed by atoms with Crippen molar-refractivity contribution in [3.05, 3.63) is 53.9 Å². The summed E-state index contributed by atoms with van der Waals surface area (Å²) in [6, 6.07) is 13.5. The lowest BCUT2D eigenvalue weighted by molar-refractivity contribution is 0.394. The molecule has 4 aromatic rings. The highest BCUT2D eigenvalue weighted by Gasteiger charge is 2.11. The second kappa shape index (κ2) is 4.98. The van der Waals surface area contributed by atoms with Gasteiger partial charge in [0.05, 0.1) is 5.69 Å². The van der Waals surface area contributed by atoms with Gasteiger partial charge in [-0.3, -0.25) is 0 Å². The summed E-state index contributed by atoms with van der Waals surface area (Å²) in [5.41, 5.74) is 4.65. The highest BCUT2D eigenvalue weighted by Crippen LogP contribution is 2.32. The Morgan fingerprint density at radius 3 is 2.70 bits per heavy atom. The summed E-state index contributed by atoms with van der Waals surface area (Å²) in [6.45, 7) is 3.77. The second-order valence-corrected chi connectivity index (χ2v) is 5.64. The first kappa shape index (κ1) is 13.6. The maximum atomic E-state index is 10.1. The predicted molar refractivity (Wildman–Crippen MR) is 88.2 cm³/mol. The highest BCUT2D eigenvalue weighted by molar-refractivity contribution is 5.89. The number of hydrogen-bond donors (Lipinski definition) is 2. The third-order valence-corrected chi connectivity index (χ3v) is 3.85. The normalized spacial score (nSPS) is 11.2. The van der Waals surface area contributed by atoms with Crippen LogP contribution in [0.1, 0.15) is 11.5 Å². The Bertz CT molecular complexity index is 1010. The Kier molecular flexibility index (Phi) is 2.94. The molecule has 0 saturated carbocycles. The Hall–Kier alpha value is -3.08. The van der Waals surface area contributed by atoms with Gasteiger partial charge in [-0.05, 0) is 43.3 Å². The third kappa shape index (κ3) is 2.36. The van der Waals surface area contributed by atoms with Gasteiger partial charge in [0.15, 0.2) is 0 Å². The molecule has 0 aliphatic heterocycles. The first-order valence-corrected chi connectivity index (χ1v) is 7.33. The van der Waals surface area contributed by atoms with E-state index in [4.69, 9.17) is 4.52 Å². The molecule has 2 N–H and O–H groups in total. The maximum absolute atomic E-state index is 10.1. The lowest BCUT2D eigenvalue weighted by atomic mass is 10.1. The van der Waals surface area contributed by atoms with E-state index < -0.39 is 0 Å². The van der Waals surface area contributed by atoms with Crippen molar-refractivity contribution in [2.45, 2.75) is 13.8 Å². The Morgan fingerprint density at radius 1 is 1.04 bits per heavy atom. The Morgan fingerprint density at radius 2 is 1.91 bits per heavy atom. The minimum Gasteiger partial charge on any atom is -0.507 e. The number of aromatic nitrogens is 3. The number of nitrogens with zero attached hydrogens (tertiary/aromatic N) is 2. The van der Waals surface area contributed by atoms with E-state index in [1.165, 1.54) is 0 Å². The van der Waals surface area contributed by atoms with Crippen LogP contribution in [0.5, 0.6) is 5.75 Å². The van der Waals surface area contributed by atoms with E-state index in [1.807, 2.05) is 43.3 Å². The molecule has 0 aliphatic carbocycles. The number of aromatic amines is 1. The van der Waals surface area contributed by atoms with E-state index in [-0.39, 0.29) is 5.75 Å². The molecule has 2 aromatic carbocycles. The van der Waals surface area contributed by atoms with E-state index in [9.17, 15) is 5.11 Å². The van der Waals surface area contributed by atoms with Crippen molar-refractivity contribution in [3.8, 4) is 28.4 Å². The van der Waals surface area contributed by atoms with Crippen molar-refractivity contribution < 1.29 is 9.63 Å². The molecule has 0 fully saturated rings. The SMILES string of the molecule is Cc1ccc(O)c(-c2cc3cc(-c4noc(C)n4)ccc3[nH]2)c1. The molecule has 2 aromatic heterocycles. The molecule has 0 unspecified atom stereocenters. The van der Waals surface area contributed by atoms with E-state index in [2.05, 4.69) is 15.1 Å². The Balaban J connectivity index is 1.83. The van der Waals surface area contributed by atoms with Crippen molar-refractivity contribution in [2.75, 3.05) is 0 Å². The van der Waals surface area contributed by atoms with Crippen LogP contribution >= 0.6 is 0 Å². The molecule has 0 atom stereocenters. The number of rotatable bonds is 2. The average Bonchev–Trinajstić information content (AvgIpc) is 3.14. The fraction of sp³-hybridized carbons (Fsp3) is 0.111. The molecule has 0 spiro atoms. The lowest BCUT2D eigenvalue weighted by Crippen LogP contribution is -1.81. The van der Waals surface area contributed by atoms with Gasteiger partial charge in [0.25, 0.3) is 0 Å². The van der Waals surface area contributed by atoms with Crippen LogP contribution < -0.4 is 0 Å². The van der Waals surface area contributed by atoms with Crippen LogP contribution in [-0.4, -0.2) is 20.2 Å². The van der Waals surface area contributed by atoms with Gasteiger partial charge in [-0.1, -0.05) is 16.8 Å². The fourth-order valence-corrected chi connectivity index (χ4v) is 2.70. The van der Waals surface area contributed by atoms with Crippen molar-refractivity contribution in [3.63, 3.8) is 0 Å². The number of H-pyrrole nitrogens is 1. The monoisotopic (exact) mass is 305 g/mol. The molecule has 5 nitrogen and oxygen atoms in total. The largest absolute Gasteiger partial charge is 0.507 e. The summed E-state index contributed by atoms with van der Waals surface area (Å²) >= 11 is 0. The van der Waals surface area contributed by atoms with E-state index in [1.54, 1.807) is 13.0 Å². The van der Waals surface area contributed by atoms with Crippen molar-refractivity contribution in [1.29, 1.82) is 0 Å². The van der Waals surface area contributed by atoms with E-state index >= 15 is 0 Å². The van der Waals surface area contributed by atoms with Crippen LogP contribution in [0, 0.1) is 13.8 Å². The van der Waals surface area contributed by atoms with Gasteiger partial charge in [0.1, 0.15) is 5.75 Å². The molecule has 0 bridgehead atoms. The number of nitrogens with one attached hydrogen (secondary N) is 1. The van der Waals surface area contributed by atoms with Crippen LogP contribution in [-0.2, 0) is 0 Å². The predicted octanol–water partition coefficient (Wildman–Crippen LogP) is 4.21. The molecule has 5 heteroatoms. The fourth-order valence-electron chi connectivity index (χ4n) is 2.70. The molecule has 0 aliphatic rings. The maximum Gasteiger partial charge on any atom is 0.223 e. The molecule has 2 heterocycles. The van der Waals surface area contributed by atoms with Gasteiger partial charge in [-0.15, -0.1) is 0 Å². The number of phenolic OH excluding ortho intramolecular Hbond substituents is 1. The third-order valence-electron chi connectivity index (χ3n) is 3.85. The summed E-state index contributed by atoms with van der Waals surface area (Å²) in [4.78, 5) is 7.59. The zero-order valence-corrected chi connectivity index (χ0v) is 12.8. The van der Waals surface area contributed by atoms with Crippen LogP contribution in [0.2, 0.25) is 0 Å². The topological polar surface area (TPSA) is 74.9 Å². The van der Waals surface area contributed by atoms with Crippen LogP contribution in [0.4, 0.5) is 0 Å². The van der Waals surface area contributed by atoms with Crippen molar-refractivity contribution >= 4 is 10.9 Å². The number of benzene rings is 2. The van der Waals surface area contributed by atoms with E-state index in [0.717, 1.165) is 33.3 Å². The molecular formula is C18H15N3O2. The minimum absolute atomic E-state index is 0.260. The van der Waals surface area contributed by atoms with Gasteiger partial charge in [-0.2, -0.15) is 4.98 Å². The molecule has 0 saturated heterocycles. The Labute approximate surface area is 132 Å². The quantitative estimate of drug-likeness (QED) is 0.582. The van der Waals surface area contributed by atoms with Gasteiger partial charge in [0, 0.05) is 29.0 Å². The highest BCUT2D eigenvalue weighted by atomic mass is 16.5. The van der Waals surface area contributed by atoms with Crippen molar-refractivity contribution in [2.24, 2.45) is 0 Å². The zero-order chi connectivity index (χ0) is 16.0. The lowest BCUT2D eigenvalue weighted by Gasteiger charge is -2.03. The molecule has 0 radical (unpaired) electrons. The molecular weight excluding hydrogens is 290 g/mol. The van der Waals surface area contributed by atoms with Gasteiger partial charge >= 0.3 is 0 Å². The summed E-state index contributed by atoms with van der Waals surface area (Å²) in [5.74, 6) is 1.38. The summed E-state index contributed by atoms with van der Waals surface area (Å²) in [6.07, 6.45) is 0.